The van der Waals surface area contributed by atoms with Crippen molar-refractivity contribution in [3.8, 4) is 0 Å². The number of halogens is 1. The van der Waals surface area contributed by atoms with Crippen LogP contribution in [0.15, 0.2) is 42.5 Å². The number of amides is 1. The van der Waals surface area contributed by atoms with Crippen molar-refractivity contribution in [1.82, 2.24) is 5.32 Å². The van der Waals surface area contributed by atoms with E-state index in [4.69, 9.17) is 5.73 Å². The lowest BCUT2D eigenvalue weighted by atomic mass is 10.0. The summed E-state index contributed by atoms with van der Waals surface area (Å²) in [5, 5.41) is 4.99. The van der Waals surface area contributed by atoms with Gasteiger partial charge in [0.2, 0.25) is 0 Å². The van der Waals surface area contributed by atoms with Crippen LogP contribution in [0.2, 0.25) is 0 Å². The second-order valence-electron chi connectivity index (χ2n) is 4.58. The van der Waals surface area contributed by atoms with Crippen LogP contribution in [0.1, 0.15) is 17.3 Å². The van der Waals surface area contributed by atoms with E-state index >= 15 is 0 Å². The zero-order valence-corrected chi connectivity index (χ0v) is 11.7. The van der Waals surface area contributed by atoms with Crippen molar-refractivity contribution in [3.63, 3.8) is 0 Å². The van der Waals surface area contributed by atoms with Crippen LogP contribution in [0, 0.1) is 5.92 Å². The molecule has 102 valence electrons. The van der Waals surface area contributed by atoms with Crippen molar-refractivity contribution in [2.24, 2.45) is 11.7 Å². The molecule has 0 aliphatic heterocycles. The SMILES string of the molecule is CC(CN)CNC(=O)c1cccc2ccccc12.Cl. The minimum atomic E-state index is -0.0351. The summed E-state index contributed by atoms with van der Waals surface area (Å²) in [4.78, 5) is 12.1. The van der Waals surface area contributed by atoms with Crippen LogP contribution in [0.3, 0.4) is 0 Å². The van der Waals surface area contributed by atoms with E-state index in [2.05, 4.69) is 5.32 Å². The molecule has 0 aliphatic rings. The summed E-state index contributed by atoms with van der Waals surface area (Å²) in [6, 6.07) is 13.7. The standard InChI is InChI=1S/C15H18N2O.ClH/c1-11(9-16)10-17-15(18)14-8-4-6-12-5-2-3-7-13(12)14;/h2-8,11H,9-10,16H2,1H3,(H,17,18);1H. The van der Waals surface area contributed by atoms with E-state index in [-0.39, 0.29) is 18.3 Å². The minimum Gasteiger partial charge on any atom is -0.352 e. The zero-order valence-electron chi connectivity index (χ0n) is 10.9. The van der Waals surface area contributed by atoms with Crippen molar-refractivity contribution in [2.75, 3.05) is 13.1 Å². The van der Waals surface area contributed by atoms with E-state index in [0.29, 0.717) is 19.0 Å². The molecular formula is C15H19ClN2O. The van der Waals surface area contributed by atoms with E-state index in [9.17, 15) is 4.79 Å². The Morgan fingerprint density at radius 3 is 2.63 bits per heavy atom. The number of carbonyl (C=O) groups excluding carboxylic acids is 1. The maximum absolute atomic E-state index is 12.1. The molecule has 4 heteroatoms. The Bertz CT molecular complexity index is 551. The van der Waals surface area contributed by atoms with Gasteiger partial charge in [-0.05, 0) is 29.3 Å². The fraction of sp³-hybridized carbons (Fsp3) is 0.267. The van der Waals surface area contributed by atoms with Crippen molar-refractivity contribution in [3.05, 3.63) is 48.0 Å². The van der Waals surface area contributed by atoms with Crippen molar-refractivity contribution in [1.29, 1.82) is 0 Å². The highest BCUT2D eigenvalue weighted by molar-refractivity contribution is 6.06. The Kier molecular flexibility index (Phi) is 5.80. The average molecular weight is 279 g/mol. The smallest absolute Gasteiger partial charge is 0.251 e. The van der Waals surface area contributed by atoms with E-state index in [1.807, 2.05) is 49.4 Å². The van der Waals surface area contributed by atoms with Gasteiger partial charge in [-0.25, -0.2) is 0 Å². The van der Waals surface area contributed by atoms with Gasteiger partial charge < -0.3 is 11.1 Å². The summed E-state index contributed by atoms with van der Waals surface area (Å²) in [5.74, 6) is 0.260. The first-order chi connectivity index (χ1) is 8.72. The number of nitrogens with two attached hydrogens (primary N) is 1. The molecule has 1 amide bonds. The number of hydrogen-bond acceptors (Lipinski definition) is 2. The molecule has 2 aromatic rings. The topological polar surface area (TPSA) is 55.1 Å². The Morgan fingerprint density at radius 1 is 1.21 bits per heavy atom. The molecule has 0 radical (unpaired) electrons. The van der Waals surface area contributed by atoms with Crippen molar-refractivity contribution >= 4 is 29.1 Å². The Labute approximate surface area is 119 Å². The summed E-state index contributed by atoms with van der Waals surface area (Å²) in [6.07, 6.45) is 0. The van der Waals surface area contributed by atoms with Crippen LogP contribution in [0.5, 0.6) is 0 Å². The van der Waals surface area contributed by atoms with Gasteiger partial charge in [-0.1, -0.05) is 43.3 Å². The quantitative estimate of drug-likeness (QED) is 0.903. The van der Waals surface area contributed by atoms with Gasteiger partial charge in [0.15, 0.2) is 0 Å². The molecule has 3 nitrogen and oxygen atoms in total. The molecule has 0 spiro atoms. The molecule has 0 aliphatic carbocycles. The molecule has 0 heterocycles. The molecule has 3 N–H and O–H groups in total. The van der Waals surface area contributed by atoms with Crippen LogP contribution in [0.4, 0.5) is 0 Å². The fourth-order valence-electron chi connectivity index (χ4n) is 1.87. The maximum atomic E-state index is 12.1. The highest BCUT2D eigenvalue weighted by Crippen LogP contribution is 2.18. The largest absolute Gasteiger partial charge is 0.352 e. The van der Waals surface area contributed by atoms with Crippen LogP contribution >= 0.6 is 12.4 Å². The first kappa shape index (κ1) is 15.5. The molecule has 0 aromatic heterocycles. The van der Waals surface area contributed by atoms with Gasteiger partial charge in [-0.3, -0.25) is 4.79 Å². The number of benzene rings is 2. The zero-order chi connectivity index (χ0) is 13.0. The van der Waals surface area contributed by atoms with Gasteiger partial charge in [-0.2, -0.15) is 0 Å². The average Bonchev–Trinajstić information content (AvgIpc) is 2.43. The lowest BCUT2D eigenvalue weighted by Gasteiger charge is -2.11. The summed E-state index contributed by atoms with van der Waals surface area (Å²) in [5.41, 5.74) is 6.26. The third-order valence-electron chi connectivity index (χ3n) is 3.05. The van der Waals surface area contributed by atoms with Gasteiger partial charge >= 0.3 is 0 Å². The van der Waals surface area contributed by atoms with Gasteiger partial charge in [0.05, 0.1) is 0 Å². The predicted molar refractivity (Wildman–Crippen MR) is 81.7 cm³/mol. The first-order valence-electron chi connectivity index (χ1n) is 6.18. The Morgan fingerprint density at radius 2 is 1.89 bits per heavy atom. The van der Waals surface area contributed by atoms with Crippen molar-refractivity contribution < 1.29 is 4.79 Å². The van der Waals surface area contributed by atoms with Crippen LogP contribution in [0.25, 0.3) is 10.8 Å². The summed E-state index contributed by atoms with van der Waals surface area (Å²) in [6.45, 7) is 3.21. The van der Waals surface area contributed by atoms with Crippen LogP contribution in [-0.4, -0.2) is 19.0 Å². The third-order valence-corrected chi connectivity index (χ3v) is 3.05. The molecule has 2 rings (SSSR count). The lowest BCUT2D eigenvalue weighted by molar-refractivity contribution is 0.0950. The summed E-state index contributed by atoms with van der Waals surface area (Å²) >= 11 is 0. The number of carbonyl (C=O) groups is 1. The molecule has 2 aromatic carbocycles. The summed E-state index contributed by atoms with van der Waals surface area (Å²) < 4.78 is 0. The van der Waals surface area contributed by atoms with Gasteiger partial charge in [0.1, 0.15) is 0 Å². The van der Waals surface area contributed by atoms with Gasteiger partial charge in [0, 0.05) is 12.1 Å². The molecule has 1 atom stereocenters. The van der Waals surface area contributed by atoms with E-state index in [0.717, 1.165) is 16.3 Å². The second kappa shape index (κ2) is 7.12. The monoisotopic (exact) mass is 278 g/mol. The number of fused-ring (bicyclic) bond motifs is 1. The van der Waals surface area contributed by atoms with E-state index in [1.54, 1.807) is 0 Å². The van der Waals surface area contributed by atoms with Crippen molar-refractivity contribution in [2.45, 2.75) is 6.92 Å². The fourth-order valence-corrected chi connectivity index (χ4v) is 1.87. The van der Waals surface area contributed by atoms with Gasteiger partial charge in [-0.15, -0.1) is 12.4 Å². The molecular weight excluding hydrogens is 260 g/mol. The van der Waals surface area contributed by atoms with E-state index in [1.165, 1.54) is 0 Å². The Balaban J connectivity index is 0.00000180. The normalized spacial score (nSPS) is 11.7. The molecule has 0 fully saturated rings. The number of nitrogens with one attached hydrogen (secondary N) is 1. The first-order valence-corrected chi connectivity index (χ1v) is 6.18. The van der Waals surface area contributed by atoms with Crippen LogP contribution < -0.4 is 11.1 Å². The van der Waals surface area contributed by atoms with Crippen LogP contribution in [-0.2, 0) is 0 Å². The predicted octanol–water partition coefficient (Wildman–Crippen LogP) is 2.59. The third kappa shape index (κ3) is 3.69. The second-order valence-corrected chi connectivity index (χ2v) is 4.58. The molecule has 0 saturated carbocycles. The molecule has 1 unspecified atom stereocenters. The van der Waals surface area contributed by atoms with E-state index < -0.39 is 0 Å². The highest BCUT2D eigenvalue weighted by Gasteiger charge is 2.10. The molecule has 0 bridgehead atoms. The minimum absolute atomic E-state index is 0. The summed E-state index contributed by atoms with van der Waals surface area (Å²) in [7, 11) is 0. The van der Waals surface area contributed by atoms with Gasteiger partial charge in [0.25, 0.3) is 5.91 Å². The Hall–Kier alpha value is -1.58. The lowest BCUT2D eigenvalue weighted by Crippen LogP contribution is -2.31. The molecule has 0 saturated heterocycles. The maximum Gasteiger partial charge on any atom is 0.251 e. The number of rotatable bonds is 4. The molecule has 19 heavy (non-hydrogen) atoms. The number of hydrogen-bond donors (Lipinski definition) is 2. The highest BCUT2D eigenvalue weighted by atomic mass is 35.5.